The number of hydrogen-bond donors (Lipinski definition) is 2. The molecule has 0 aliphatic carbocycles. The van der Waals surface area contributed by atoms with Crippen molar-refractivity contribution in [2.75, 3.05) is 18.5 Å². The van der Waals surface area contributed by atoms with Crippen LogP contribution < -0.4 is 5.32 Å². The smallest absolute Gasteiger partial charge is 0.312 e. The molecule has 7 atom stereocenters. The largest absolute Gasteiger partial charge is 0.466 e. The number of aliphatic hydroxyl groups is 1. The molecule has 33 heavy (non-hydrogen) atoms. The van der Waals surface area contributed by atoms with Crippen molar-refractivity contribution in [1.82, 2.24) is 4.90 Å². The fraction of sp³-hybridized carbons (Fsp3) is 0.625. The summed E-state index contributed by atoms with van der Waals surface area (Å²) in [5.74, 6) is -2.83. The van der Waals surface area contributed by atoms with Crippen LogP contribution in [0.4, 0.5) is 5.69 Å². The SMILES string of the molecule is CCOC(=O)[C@H]1[C@@H]2OC3(CC2Br)C(C(=O)Nc2cc(C)ccc2C)N([C@@H](CC)CO)C(=O)[C@H]13. The zero-order valence-electron chi connectivity index (χ0n) is 19.3. The van der Waals surface area contributed by atoms with Crippen LogP contribution in [0.3, 0.4) is 0 Å². The summed E-state index contributed by atoms with van der Waals surface area (Å²) in [5.41, 5.74) is 1.38. The summed E-state index contributed by atoms with van der Waals surface area (Å²) >= 11 is 3.62. The molecule has 3 aliphatic rings. The molecule has 3 aliphatic heterocycles. The predicted octanol–water partition coefficient (Wildman–Crippen LogP) is 2.32. The molecule has 8 nitrogen and oxygen atoms in total. The monoisotopic (exact) mass is 522 g/mol. The number of likely N-dealkylation sites (tertiary alicyclic amines) is 1. The Hall–Kier alpha value is -1.97. The quantitative estimate of drug-likeness (QED) is 0.420. The van der Waals surface area contributed by atoms with Gasteiger partial charge < -0.3 is 24.8 Å². The third kappa shape index (κ3) is 3.68. The number of alkyl halides is 1. The number of nitrogens with zero attached hydrogens (tertiary/aromatic N) is 1. The van der Waals surface area contributed by atoms with E-state index >= 15 is 0 Å². The molecule has 180 valence electrons. The highest BCUT2D eigenvalue weighted by molar-refractivity contribution is 9.09. The van der Waals surface area contributed by atoms with Gasteiger partial charge >= 0.3 is 5.97 Å². The number of hydrogen-bond acceptors (Lipinski definition) is 6. The molecule has 4 rings (SSSR count). The van der Waals surface area contributed by atoms with Gasteiger partial charge in [-0.3, -0.25) is 14.4 Å². The molecular weight excluding hydrogens is 492 g/mol. The second kappa shape index (κ2) is 9.00. The van der Waals surface area contributed by atoms with Crippen LogP contribution in [0, 0.1) is 25.7 Å². The lowest BCUT2D eigenvalue weighted by molar-refractivity contribution is -0.155. The van der Waals surface area contributed by atoms with E-state index in [1.54, 1.807) is 6.92 Å². The Morgan fingerprint density at radius 1 is 1.36 bits per heavy atom. The number of fused-ring (bicyclic) bond motifs is 1. The third-order valence-electron chi connectivity index (χ3n) is 7.26. The van der Waals surface area contributed by atoms with Gasteiger partial charge in [-0.15, -0.1) is 0 Å². The van der Waals surface area contributed by atoms with Crippen molar-refractivity contribution in [1.29, 1.82) is 0 Å². The minimum atomic E-state index is -1.17. The highest BCUT2D eigenvalue weighted by Crippen LogP contribution is 2.60. The Bertz CT molecular complexity index is 966. The van der Waals surface area contributed by atoms with E-state index in [0.717, 1.165) is 11.1 Å². The Morgan fingerprint density at radius 2 is 2.09 bits per heavy atom. The lowest BCUT2D eigenvalue weighted by atomic mass is 9.70. The molecule has 1 aromatic carbocycles. The van der Waals surface area contributed by atoms with Crippen LogP contribution in [-0.2, 0) is 23.9 Å². The first-order valence-corrected chi connectivity index (χ1v) is 12.4. The van der Waals surface area contributed by atoms with E-state index in [1.807, 2.05) is 39.0 Å². The summed E-state index contributed by atoms with van der Waals surface area (Å²) in [7, 11) is 0. The molecule has 3 saturated heterocycles. The maximum Gasteiger partial charge on any atom is 0.312 e. The molecule has 0 aromatic heterocycles. The van der Waals surface area contributed by atoms with Crippen LogP contribution in [0.5, 0.6) is 0 Å². The Labute approximate surface area is 202 Å². The molecule has 3 heterocycles. The van der Waals surface area contributed by atoms with Crippen molar-refractivity contribution in [2.45, 2.75) is 69.2 Å². The van der Waals surface area contributed by atoms with Crippen LogP contribution in [0.1, 0.15) is 37.8 Å². The average Bonchev–Trinajstić information content (AvgIpc) is 3.36. The molecule has 3 unspecified atom stereocenters. The maximum absolute atomic E-state index is 13.8. The summed E-state index contributed by atoms with van der Waals surface area (Å²) in [6.07, 6.45) is 0.321. The van der Waals surface area contributed by atoms with E-state index < -0.39 is 41.6 Å². The first kappa shape index (κ1) is 24.2. The lowest BCUT2D eigenvalue weighted by Gasteiger charge is -2.36. The lowest BCUT2D eigenvalue weighted by Crippen LogP contribution is -2.56. The number of ether oxygens (including phenoxy) is 2. The van der Waals surface area contributed by atoms with Crippen LogP contribution in [-0.4, -0.2) is 69.6 Å². The molecule has 0 radical (unpaired) electrons. The van der Waals surface area contributed by atoms with Crippen LogP contribution in [0.15, 0.2) is 18.2 Å². The summed E-state index contributed by atoms with van der Waals surface area (Å²) < 4.78 is 11.7. The summed E-state index contributed by atoms with van der Waals surface area (Å²) in [4.78, 5) is 41.7. The number of benzene rings is 1. The maximum atomic E-state index is 13.8. The standard InChI is InChI=1S/C24H31BrN2O6/c1-5-14(11-28)27-20(21(29)26-16-9-12(3)7-8-13(16)4)24-10-15(25)19(33-24)17(18(24)22(27)30)23(31)32-6-2/h7-9,14-15,17-20,28H,5-6,10-11H2,1-4H3,(H,26,29)/t14-,15?,17+,18-,19+,20?,24?/m0/s1. The number of esters is 1. The molecule has 0 saturated carbocycles. The zero-order valence-corrected chi connectivity index (χ0v) is 20.9. The number of carbonyl (C=O) groups excluding carboxylic acids is 3. The fourth-order valence-corrected chi connectivity index (χ4v) is 6.70. The van der Waals surface area contributed by atoms with Crippen molar-refractivity contribution in [3.63, 3.8) is 0 Å². The van der Waals surface area contributed by atoms with Crippen molar-refractivity contribution in [3.8, 4) is 0 Å². The Balaban J connectivity index is 1.78. The normalized spacial score (nSPS) is 33.2. The highest BCUT2D eigenvalue weighted by atomic mass is 79.9. The Kier molecular flexibility index (Phi) is 6.59. The van der Waals surface area contributed by atoms with Crippen molar-refractivity contribution >= 4 is 39.4 Å². The van der Waals surface area contributed by atoms with E-state index in [2.05, 4.69) is 21.2 Å². The number of amides is 2. The van der Waals surface area contributed by atoms with E-state index in [-0.39, 0.29) is 29.9 Å². The number of aryl methyl sites for hydroxylation is 2. The third-order valence-corrected chi connectivity index (χ3v) is 8.11. The second-order valence-corrected chi connectivity index (χ2v) is 10.4. The summed E-state index contributed by atoms with van der Waals surface area (Å²) in [6, 6.07) is 4.23. The van der Waals surface area contributed by atoms with E-state index in [1.165, 1.54) is 4.90 Å². The number of halogens is 1. The number of anilines is 1. The van der Waals surface area contributed by atoms with Gasteiger partial charge in [0.25, 0.3) is 0 Å². The molecule has 2 N–H and O–H groups in total. The predicted molar refractivity (Wildman–Crippen MR) is 125 cm³/mol. The van der Waals surface area contributed by atoms with Gasteiger partial charge in [-0.25, -0.2) is 0 Å². The molecule has 1 aromatic rings. The van der Waals surface area contributed by atoms with Crippen molar-refractivity contribution in [2.24, 2.45) is 11.8 Å². The topological polar surface area (TPSA) is 105 Å². The summed E-state index contributed by atoms with van der Waals surface area (Å²) in [6.45, 7) is 7.32. The number of nitrogens with one attached hydrogen (secondary N) is 1. The Morgan fingerprint density at radius 3 is 2.73 bits per heavy atom. The van der Waals surface area contributed by atoms with Gasteiger partial charge in [-0.05, 0) is 50.8 Å². The molecule has 1 spiro atoms. The van der Waals surface area contributed by atoms with Gasteiger partial charge in [0.2, 0.25) is 11.8 Å². The fourth-order valence-electron chi connectivity index (χ4n) is 5.75. The minimum Gasteiger partial charge on any atom is -0.466 e. The van der Waals surface area contributed by atoms with Crippen molar-refractivity contribution < 1.29 is 29.0 Å². The van der Waals surface area contributed by atoms with E-state index in [9.17, 15) is 19.5 Å². The van der Waals surface area contributed by atoms with E-state index in [4.69, 9.17) is 9.47 Å². The van der Waals surface area contributed by atoms with Crippen LogP contribution in [0.25, 0.3) is 0 Å². The number of rotatable bonds is 7. The van der Waals surface area contributed by atoms with Crippen LogP contribution >= 0.6 is 15.9 Å². The summed E-state index contributed by atoms with van der Waals surface area (Å²) in [5, 5.41) is 13.0. The molecule has 2 bridgehead atoms. The van der Waals surface area contributed by atoms with Gasteiger partial charge in [0, 0.05) is 10.5 Å². The second-order valence-electron chi connectivity index (χ2n) is 9.21. The van der Waals surface area contributed by atoms with Gasteiger partial charge in [-0.2, -0.15) is 0 Å². The highest BCUT2D eigenvalue weighted by Gasteiger charge is 2.77. The average molecular weight is 523 g/mol. The minimum absolute atomic E-state index is 0.192. The molecular formula is C24H31BrN2O6. The first-order chi connectivity index (χ1) is 15.7. The van der Waals surface area contributed by atoms with Gasteiger partial charge in [-0.1, -0.05) is 35.0 Å². The van der Waals surface area contributed by atoms with Crippen LogP contribution in [0.2, 0.25) is 0 Å². The van der Waals surface area contributed by atoms with Gasteiger partial charge in [0.05, 0.1) is 37.2 Å². The van der Waals surface area contributed by atoms with E-state index in [0.29, 0.717) is 18.5 Å². The number of aliphatic hydroxyl groups excluding tert-OH is 1. The molecule has 2 amide bonds. The molecule has 3 fully saturated rings. The van der Waals surface area contributed by atoms with Crippen molar-refractivity contribution in [3.05, 3.63) is 29.3 Å². The van der Waals surface area contributed by atoms with Gasteiger partial charge in [0.15, 0.2) is 0 Å². The zero-order chi connectivity index (χ0) is 24.1. The molecule has 9 heteroatoms. The van der Waals surface area contributed by atoms with Gasteiger partial charge in [0.1, 0.15) is 11.6 Å². The number of carbonyl (C=O) groups is 3. The first-order valence-electron chi connectivity index (χ1n) is 11.5.